The van der Waals surface area contributed by atoms with Gasteiger partial charge in [0.05, 0.1) is 13.2 Å². The van der Waals surface area contributed by atoms with Gasteiger partial charge in [-0.05, 0) is 37.1 Å². The molecule has 0 atom stereocenters. The lowest BCUT2D eigenvalue weighted by Gasteiger charge is -2.26. The molecule has 9 nitrogen and oxygen atoms in total. The Morgan fingerprint density at radius 1 is 1.00 bits per heavy atom. The smallest absolute Gasteiger partial charge is 0.251 e. The third-order valence-corrected chi connectivity index (χ3v) is 6.57. The van der Waals surface area contributed by atoms with Crippen molar-refractivity contribution in [3.8, 4) is 17.1 Å². The molecule has 1 saturated carbocycles. The Morgan fingerprint density at radius 3 is 2.53 bits per heavy atom. The van der Waals surface area contributed by atoms with Gasteiger partial charge in [-0.15, -0.1) is 0 Å². The van der Waals surface area contributed by atoms with E-state index in [9.17, 15) is 4.79 Å². The number of fused-ring (bicyclic) bond motifs is 1. The number of carbonyl (C=O) groups is 1. The number of hydrogen-bond donors (Lipinski definition) is 2. The van der Waals surface area contributed by atoms with Crippen molar-refractivity contribution in [2.24, 2.45) is 0 Å². The number of rotatable bonds is 8. The molecule has 1 saturated heterocycles. The molecule has 0 bridgehead atoms. The summed E-state index contributed by atoms with van der Waals surface area (Å²) < 4.78 is 7.43. The predicted octanol–water partition coefficient (Wildman–Crippen LogP) is 3.12. The van der Waals surface area contributed by atoms with Crippen molar-refractivity contribution in [2.45, 2.75) is 18.9 Å². The number of carbonyl (C=O) groups excluding carboxylic acids is 1. The lowest BCUT2D eigenvalue weighted by atomic mass is 10.1. The summed E-state index contributed by atoms with van der Waals surface area (Å²) in [5, 5.41) is 6.53. The van der Waals surface area contributed by atoms with Crippen molar-refractivity contribution >= 4 is 22.9 Å². The molecule has 2 aromatic heterocycles. The summed E-state index contributed by atoms with van der Waals surface area (Å²) in [7, 11) is 0. The molecule has 1 aliphatic heterocycles. The van der Waals surface area contributed by atoms with Gasteiger partial charge in [0.15, 0.2) is 22.8 Å². The average molecular weight is 484 g/mol. The van der Waals surface area contributed by atoms with Crippen molar-refractivity contribution in [1.29, 1.82) is 0 Å². The number of amides is 1. The molecule has 0 spiro atoms. The van der Waals surface area contributed by atoms with Crippen molar-refractivity contribution in [3.63, 3.8) is 0 Å². The van der Waals surface area contributed by atoms with Crippen LogP contribution in [0.5, 0.6) is 0 Å². The average Bonchev–Trinajstić information content (AvgIpc) is 3.64. The number of benzene rings is 2. The van der Waals surface area contributed by atoms with Gasteiger partial charge in [0.1, 0.15) is 6.33 Å². The molecule has 3 heterocycles. The van der Waals surface area contributed by atoms with Gasteiger partial charge in [0.2, 0.25) is 0 Å². The van der Waals surface area contributed by atoms with E-state index < -0.39 is 0 Å². The van der Waals surface area contributed by atoms with E-state index in [4.69, 9.17) is 14.7 Å². The number of nitrogens with zero attached hydrogens (tertiary/aromatic N) is 5. The summed E-state index contributed by atoms with van der Waals surface area (Å²) in [6.45, 7) is 5.07. The summed E-state index contributed by atoms with van der Waals surface area (Å²) >= 11 is 0. The SMILES string of the molecule is O=C(NC1CC1)c1ccc(-c2nc(NCCN3CCOCC3)c3ncn(-c4ccccc4)c3n2)cc1. The largest absolute Gasteiger partial charge is 0.379 e. The van der Waals surface area contributed by atoms with Crippen LogP contribution >= 0.6 is 0 Å². The maximum atomic E-state index is 12.4. The Balaban J connectivity index is 1.31. The Bertz CT molecular complexity index is 1340. The van der Waals surface area contributed by atoms with Crippen LogP contribution in [0.15, 0.2) is 60.9 Å². The minimum atomic E-state index is -0.0342. The molecule has 9 heteroatoms. The van der Waals surface area contributed by atoms with Crippen molar-refractivity contribution in [1.82, 2.24) is 29.7 Å². The summed E-state index contributed by atoms with van der Waals surface area (Å²) in [6.07, 6.45) is 3.92. The fourth-order valence-electron chi connectivity index (χ4n) is 4.35. The topological polar surface area (TPSA) is 97.2 Å². The first-order chi connectivity index (χ1) is 17.7. The van der Waals surface area contributed by atoms with Crippen LogP contribution in [0.25, 0.3) is 28.2 Å². The maximum absolute atomic E-state index is 12.4. The second-order valence-corrected chi connectivity index (χ2v) is 9.22. The highest BCUT2D eigenvalue weighted by Gasteiger charge is 2.24. The number of morpholine rings is 1. The molecule has 2 fully saturated rings. The molecule has 0 radical (unpaired) electrons. The minimum Gasteiger partial charge on any atom is -0.379 e. The summed E-state index contributed by atoms with van der Waals surface area (Å²) in [5.74, 6) is 1.25. The van der Waals surface area contributed by atoms with Crippen molar-refractivity contribution in [2.75, 3.05) is 44.7 Å². The standard InChI is InChI=1S/C27H29N7O2/c35-27(30-21-10-11-21)20-8-6-19(7-9-20)24-31-25(28-12-13-33-14-16-36-17-15-33)23-26(32-24)34(18-29-23)22-4-2-1-3-5-22/h1-9,18,21H,10-17H2,(H,30,35)(H,28,31,32). The highest BCUT2D eigenvalue weighted by molar-refractivity contribution is 5.95. The Labute approximate surface area is 209 Å². The molecule has 2 aromatic carbocycles. The summed E-state index contributed by atoms with van der Waals surface area (Å²) in [4.78, 5) is 29.2. The van der Waals surface area contributed by atoms with Gasteiger partial charge < -0.3 is 15.4 Å². The molecule has 1 aliphatic carbocycles. The molecule has 36 heavy (non-hydrogen) atoms. The Morgan fingerprint density at radius 2 is 1.78 bits per heavy atom. The first-order valence-electron chi connectivity index (χ1n) is 12.5. The first kappa shape index (κ1) is 22.6. The molecule has 6 rings (SSSR count). The summed E-state index contributed by atoms with van der Waals surface area (Å²) in [6, 6.07) is 17.8. The highest BCUT2D eigenvalue weighted by Crippen LogP contribution is 2.26. The normalized spacial score (nSPS) is 16.2. The third kappa shape index (κ3) is 4.93. The number of ether oxygens (including phenoxy) is 1. The van der Waals surface area contributed by atoms with E-state index in [1.54, 1.807) is 6.33 Å². The summed E-state index contributed by atoms with van der Waals surface area (Å²) in [5.41, 5.74) is 3.93. The molecule has 2 aliphatic rings. The van der Waals surface area contributed by atoms with Crippen molar-refractivity contribution < 1.29 is 9.53 Å². The van der Waals surface area contributed by atoms with Gasteiger partial charge in [0.25, 0.3) is 5.91 Å². The molecule has 0 unspecified atom stereocenters. The van der Waals surface area contributed by atoms with Crippen LogP contribution in [0.2, 0.25) is 0 Å². The van der Waals surface area contributed by atoms with Gasteiger partial charge in [-0.3, -0.25) is 14.3 Å². The molecular formula is C27H29N7O2. The monoisotopic (exact) mass is 483 g/mol. The van der Waals surface area contributed by atoms with Crippen LogP contribution in [0, 0.1) is 0 Å². The van der Waals surface area contributed by atoms with Crippen LogP contribution in [-0.2, 0) is 4.74 Å². The zero-order valence-corrected chi connectivity index (χ0v) is 20.1. The molecule has 2 N–H and O–H groups in total. The number of para-hydroxylation sites is 1. The number of imidazole rings is 1. The molecule has 1 amide bonds. The molecular weight excluding hydrogens is 454 g/mol. The number of hydrogen-bond acceptors (Lipinski definition) is 7. The third-order valence-electron chi connectivity index (χ3n) is 6.57. The van der Waals surface area contributed by atoms with Gasteiger partial charge in [-0.2, -0.15) is 0 Å². The fraction of sp³-hybridized carbons (Fsp3) is 0.333. The lowest BCUT2D eigenvalue weighted by molar-refractivity contribution is 0.0398. The zero-order chi connectivity index (χ0) is 24.3. The second-order valence-electron chi connectivity index (χ2n) is 9.22. The van der Waals surface area contributed by atoms with E-state index in [1.807, 2.05) is 59.2 Å². The van der Waals surface area contributed by atoms with E-state index in [0.29, 0.717) is 23.2 Å². The maximum Gasteiger partial charge on any atom is 0.251 e. The van der Waals surface area contributed by atoms with E-state index in [-0.39, 0.29) is 5.91 Å². The van der Waals surface area contributed by atoms with Gasteiger partial charge >= 0.3 is 0 Å². The quantitative estimate of drug-likeness (QED) is 0.397. The van der Waals surface area contributed by atoms with E-state index in [0.717, 1.165) is 74.6 Å². The lowest BCUT2D eigenvalue weighted by Crippen LogP contribution is -2.39. The van der Waals surface area contributed by atoms with E-state index >= 15 is 0 Å². The first-order valence-corrected chi connectivity index (χ1v) is 12.5. The van der Waals surface area contributed by atoms with E-state index in [2.05, 4.69) is 20.5 Å². The Kier molecular flexibility index (Phi) is 6.31. The van der Waals surface area contributed by atoms with Gasteiger partial charge in [-0.25, -0.2) is 15.0 Å². The van der Waals surface area contributed by atoms with Crippen LogP contribution in [0.4, 0.5) is 5.82 Å². The highest BCUT2D eigenvalue weighted by atomic mass is 16.5. The number of aromatic nitrogens is 4. The van der Waals surface area contributed by atoms with Crippen LogP contribution < -0.4 is 10.6 Å². The van der Waals surface area contributed by atoms with Gasteiger partial charge in [-0.1, -0.05) is 30.3 Å². The fourth-order valence-corrected chi connectivity index (χ4v) is 4.35. The molecule has 4 aromatic rings. The second kappa shape index (κ2) is 10.0. The van der Waals surface area contributed by atoms with Crippen LogP contribution in [-0.4, -0.2) is 75.8 Å². The molecule has 184 valence electrons. The van der Waals surface area contributed by atoms with Crippen molar-refractivity contribution in [3.05, 3.63) is 66.5 Å². The predicted molar refractivity (Wildman–Crippen MR) is 138 cm³/mol. The zero-order valence-electron chi connectivity index (χ0n) is 20.1. The van der Waals surface area contributed by atoms with E-state index in [1.165, 1.54) is 0 Å². The number of anilines is 1. The number of nitrogens with one attached hydrogen (secondary N) is 2. The van der Waals surface area contributed by atoms with Gasteiger partial charge in [0, 0.05) is 49.0 Å². The Hall–Kier alpha value is -3.82. The van der Waals surface area contributed by atoms with Crippen LogP contribution in [0.1, 0.15) is 23.2 Å². The minimum absolute atomic E-state index is 0.0342. The van der Waals surface area contributed by atoms with Crippen LogP contribution in [0.3, 0.4) is 0 Å².